The van der Waals surface area contributed by atoms with Crippen molar-refractivity contribution in [1.29, 1.82) is 0 Å². The van der Waals surface area contributed by atoms with Crippen molar-refractivity contribution in [3.8, 4) is 67.2 Å². The van der Waals surface area contributed by atoms with Gasteiger partial charge in [-0.2, -0.15) is 0 Å². The van der Waals surface area contributed by atoms with Crippen molar-refractivity contribution in [3.63, 3.8) is 0 Å². The van der Waals surface area contributed by atoms with Crippen LogP contribution in [-0.2, 0) is 45.8 Å². The molecule has 4 heteroatoms. The molecule has 3 nitrogen and oxygen atoms in total. The smallest absolute Gasteiger partial charge is 0.305 e. The van der Waals surface area contributed by atoms with E-state index in [1.54, 1.807) is 0 Å². The van der Waals surface area contributed by atoms with E-state index in [-0.39, 0.29) is 20.1 Å². The summed E-state index contributed by atoms with van der Waals surface area (Å²) in [4.78, 5) is 13.8. The van der Waals surface area contributed by atoms with Gasteiger partial charge in [0, 0.05) is 18.6 Å². The normalized spacial score (nSPS) is 11.1. The molecule has 0 radical (unpaired) electrons. The molecule has 0 saturated heterocycles. The van der Waals surface area contributed by atoms with Gasteiger partial charge in [-0.3, -0.25) is 0 Å². The Morgan fingerprint density at radius 2 is 0.836 bits per heavy atom. The Morgan fingerprint density at radius 3 is 1.43 bits per heavy atom. The van der Waals surface area contributed by atoms with Gasteiger partial charge in [0.05, 0.1) is 0 Å². The number of aromatic nitrogens is 3. The maximum absolute atomic E-state index is 4.73. The van der Waals surface area contributed by atoms with Gasteiger partial charge in [0.15, 0.2) is 0 Å². The van der Waals surface area contributed by atoms with Gasteiger partial charge in [-0.1, -0.05) is 157 Å². The third-order valence-electron chi connectivity index (χ3n) is 12.6. The Bertz CT molecular complexity index is 3340. The Kier molecular flexibility index (Phi) is 12.8. The zero-order chi connectivity index (χ0) is 44.1. The summed E-state index contributed by atoms with van der Waals surface area (Å²) in [5, 5.41) is 4.97. The fourth-order valence-corrected chi connectivity index (χ4v) is 9.15. The minimum absolute atomic E-state index is 0. The van der Waals surface area contributed by atoms with Gasteiger partial charge in [-0.15, -0.1) is 94.5 Å². The molecule has 11 rings (SSSR count). The predicted molar refractivity (Wildman–Crippen MR) is 272 cm³/mol. The Labute approximate surface area is 406 Å². The number of pyridine rings is 3. The Hall–Kier alpha value is -7.62. The Morgan fingerprint density at radius 1 is 0.313 bits per heavy atom. The van der Waals surface area contributed by atoms with Crippen LogP contribution in [-0.4, -0.2) is 15.0 Å². The molecule has 0 amide bonds. The Balaban J connectivity index is 0.00000525. The van der Waals surface area contributed by atoms with Gasteiger partial charge >= 0.3 is 20.1 Å². The molecule has 3 aromatic heterocycles. The fraction of sp³-hybridized carbons (Fsp3) is 0.0635. The van der Waals surface area contributed by atoms with Gasteiger partial charge in [-0.25, -0.2) is 0 Å². The topological polar surface area (TPSA) is 38.7 Å². The molecule has 0 aliphatic heterocycles. The van der Waals surface area contributed by atoms with E-state index in [9.17, 15) is 0 Å². The summed E-state index contributed by atoms with van der Waals surface area (Å²) in [6, 6.07) is 82.1. The van der Waals surface area contributed by atoms with Gasteiger partial charge in [0.2, 0.25) is 0 Å². The molecule has 320 valence electrons. The number of aryl methyl sites for hydroxylation is 4. The van der Waals surface area contributed by atoms with Crippen molar-refractivity contribution in [2.24, 2.45) is 0 Å². The second-order valence-corrected chi connectivity index (χ2v) is 16.8. The largest absolute Gasteiger partial charge is 3.00 e. The van der Waals surface area contributed by atoms with Crippen molar-refractivity contribution >= 4 is 21.5 Å². The van der Waals surface area contributed by atoms with Gasteiger partial charge in [-0.05, 0) is 104 Å². The average Bonchev–Trinajstić information content (AvgIpc) is 3.40. The average molecular weight is 1040 g/mol. The van der Waals surface area contributed by atoms with Crippen LogP contribution in [0.4, 0.5) is 0 Å². The molecule has 0 aliphatic rings. The van der Waals surface area contributed by atoms with Crippen LogP contribution in [0.3, 0.4) is 0 Å². The van der Waals surface area contributed by atoms with Gasteiger partial charge in [0.1, 0.15) is 0 Å². The van der Waals surface area contributed by atoms with Crippen molar-refractivity contribution in [2.75, 3.05) is 0 Å². The van der Waals surface area contributed by atoms with E-state index in [0.29, 0.717) is 0 Å². The molecule has 0 saturated carbocycles. The van der Waals surface area contributed by atoms with Crippen LogP contribution in [0, 0.1) is 18.2 Å². The SMILES string of the molecule is [Ir+3].[c-]1cc(CCc2cc(CCc3c[c-]c(-c4ccccn4)cc3)cc(-c3ccccc3-c3c[c-]c(-c4ccccn4)cc3-c3ccc4c(ccc5ccccc54)c3)c2)ccc1-c1ccccn1. The molecular formula is C63H44IrN3. The minimum atomic E-state index is 0. The molecule has 0 N–H and O–H groups in total. The van der Waals surface area contributed by atoms with Crippen LogP contribution in [0.5, 0.6) is 0 Å². The molecule has 0 spiro atoms. The molecule has 8 aromatic carbocycles. The van der Waals surface area contributed by atoms with E-state index in [2.05, 4.69) is 180 Å². The molecule has 0 fully saturated rings. The number of nitrogens with zero attached hydrogens (tertiary/aromatic N) is 3. The molecule has 0 aliphatic carbocycles. The van der Waals surface area contributed by atoms with Crippen LogP contribution < -0.4 is 0 Å². The summed E-state index contributed by atoms with van der Waals surface area (Å²) in [6.07, 6.45) is 9.11. The van der Waals surface area contributed by atoms with E-state index < -0.39 is 0 Å². The zero-order valence-corrected chi connectivity index (χ0v) is 39.2. The summed E-state index contributed by atoms with van der Waals surface area (Å²) in [5.41, 5.74) is 17.8. The fourth-order valence-electron chi connectivity index (χ4n) is 9.15. The number of fused-ring (bicyclic) bond motifs is 3. The van der Waals surface area contributed by atoms with E-state index in [0.717, 1.165) is 81.7 Å². The monoisotopic (exact) mass is 1040 g/mol. The second-order valence-electron chi connectivity index (χ2n) is 16.8. The third-order valence-corrected chi connectivity index (χ3v) is 12.6. The van der Waals surface area contributed by atoms with E-state index >= 15 is 0 Å². The molecule has 11 aromatic rings. The van der Waals surface area contributed by atoms with Crippen molar-refractivity contribution in [3.05, 3.63) is 259 Å². The first kappa shape index (κ1) is 43.3. The van der Waals surface area contributed by atoms with Crippen LogP contribution in [0.1, 0.15) is 22.3 Å². The molecular weight excluding hydrogens is 991 g/mol. The summed E-state index contributed by atoms with van der Waals surface area (Å²) in [7, 11) is 0. The van der Waals surface area contributed by atoms with Gasteiger partial charge in [0.25, 0.3) is 0 Å². The standard InChI is InChI=1S/C63H44N3.Ir/c1-2-12-55-48(11-1)30-31-51-42-52(32-34-57(51)55)60-43-53(63-17-7-10-38-66-63)33-35-59(60)58-14-4-3-13-56(58)54-40-46(20-18-44-22-26-49(27-23-44)61-15-5-8-36-64-61)39-47(41-54)21-19-45-24-28-50(29-25-45)62-16-6-9-37-65-62;/h1-17,22-26,28,30-32,34-43H,18-21H2;/q-3;+3. The summed E-state index contributed by atoms with van der Waals surface area (Å²) >= 11 is 0. The second kappa shape index (κ2) is 19.9. The molecule has 0 atom stereocenters. The maximum atomic E-state index is 4.73. The number of benzene rings is 8. The van der Waals surface area contributed by atoms with Gasteiger partial charge < -0.3 is 15.0 Å². The first-order valence-corrected chi connectivity index (χ1v) is 22.6. The number of rotatable bonds is 12. The molecule has 3 heterocycles. The van der Waals surface area contributed by atoms with E-state index in [4.69, 9.17) is 4.98 Å². The number of hydrogen-bond acceptors (Lipinski definition) is 3. The zero-order valence-electron chi connectivity index (χ0n) is 36.8. The van der Waals surface area contributed by atoms with Crippen LogP contribution >= 0.6 is 0 Å². The van der Waals surface area contributed by atoms with Crippen LogP contribution in [0.25, 0.3) is 88.7 Å². The summed E-state index contributed by atoms with van der Waals surface area (Å²) < 4.78 is 0. The minimum Gasteiger partial charge on any atom is -0.305 e. The molecule has 0 unspecified atom stereocenters. The first-order chi connectivity index (χ1) is 32.7. The maximum Gasteiger partial charge on any atom is 3.00 e. The van der Waals surface area contributed by atoms with E-state index in [1.807, 2.05) is 67.1 Å². The van der Waals surface area contributed by atoms with Crippen LogP contribution in [0.15, 0.2) is 219 Å². The summed E-state index contributed by atoms with van der Waals surface area (Å²) in [6.45, 7) is 0. The predicted octanol–water partition coefficient (Wildman–Crippen LogP) is 15.1. The van der Waals surface area contributed by atoms with Crippen molar-refractivity contribution in [2.45, 2.75) is 25.7 Å². The van der Waals surface area contributed by atoms with E-state index in [1.165, 1.54) is 54.9 Å². The quantitative estimate of drug-likeness (QED) is 0.0904. The first-order valence-electron chi connectivity index (χ1n) is 22.6. The molecule has 0 bridgehead atoms. The summed E-state index contributed by atoms with van der Waals surface area (Å²) in [5.74, 6) is 0. The van der Waals surface area contributed by atoms with Crippen LogP contribution in [0.2, 0.25) is 0 Å². The third kappa shape index (κ3) is 9.55. The van der Waals surface area contributed by atoms with Crippen molar-refractivity contribution < 1.29 is 20.1 Å². The number of hydrogen-bond donors (Lipinski definition) is 0. The van der Waals surface area contributed by atoms with Crippen molar-refractivity contribution in [1.82, 2.24) is 15.0 Å². The molecule has 67 heavy (non-hydrogen) atoms.